The van der Waals surface area contributed by atoms with Crippen LogP contribution in [-0.2, 0) is 0 Å². The Morgan fingerprint density at radius 1 is 1.25 bits per heavy atom. The number of nitrogens with two attached hydrogens (primary N) is 1. The van der Waals surface area contributed by atoms with E-state index in [-0.39, 0.29) is 6.04 Å². The first-order valence-corrected chi connectivity index (χ1v) is 7.35. The molecule has 2 atom stereocenters. The number of methoxy groups -OCH3 is 2. The van der Waals surface area contributed by atoms with Crippen LogP contribution in [0, 0.1) is 5.92 Å². The summed E-state index contributed by atoms with van der Waals surface area (Å²) in [6.07, 6.45) is 2.56. The fraction of sp³-hybridized carbons (Fsp3) is 0.625. The number of hydrogen-bond donors (Lipinski definition) is 1. The van der Waals surface area contributed by atoms with E-state index in [9.17, 15) is 0 Å². The molecule has 1 aromatic rings. The van der Waals surface area contributed by atoms with Crippen LogP contribution < -0.4 is 15.2 Å². The molecular formula is C16H26N2O2. The summed E-state index contributed by atoms with van der Waals surface area (Å²) in [6.45, 7) is 5.15. The van der Waals surface area contributed by atoms with Gasteiger partial charge in [0.05, 0.1) is 14.2 Å². The maximum absolute atomic E-state index is 6.04. The second-order valence-corrected chi connectivity index (χ2v) is 5.64. The van der Waals surface area contributed by atoms with E-state index in [0.717, 1.165) is 30.5 Å². The van der Waals surface area contributed by atoms with Crippen molar-refractivity contribution in [3.63, 3.8) is 0 Å². The van der Waals surface area contributed by atoms with E-state index >= 15 is 0 Å². The molecule has 0 aliphatic carbocycles. The zero-order valence-corrected chi connectivity index (χ0v) is 12.8. The SMILES string of the molecule is COc1cc(OC)cc([C@H](CN)N2CCC[C@H](C)C2)c1. The zero-order chi connectivity index (χ0) is 14.5. The van der Waals surface area contributed by atoms with Gasteiger partial charge in [0.15, 0.2) is 0 Å². The number of ether oxygens (including phenoxy) is 2. The highest BCUT2D eigenvalue weighted by Gasteiger charge is 2.24. The van der Waals surface area contributed by atoms with Gasteiger partial charge in [-0.25, -0.2) is 0 Å². The Kier molecular flexibility index (Phi) is 5.26. The second-order valence-electron chi connectivity index (χ2n) is 5.64. The Labute approximate surface area is 121 Å². The molecule has 20 heavy (non-hydrogen) atoms. The van der Waals surface area contributed by atoms with Gasteiger partial charge in [0, 0.05) is 25.2 Å². The predicted molar refractivity (Wildman–Crippen MR) is 81.3 cm³/mol. The number of rotatable bonds is 5. The van der Waals surface area contributed by atoms with Crippen molar-refractivity contribution in [2.75, 3.05) is 33.9 Å². The van der Waals surface area contributed by atoms with Gasteiger partial charge in [0.1, 0.15) is 11.5 Å². The summed E-state index contributed by atoms with van der Waals surface area (Å²) in [5, 5.41) is 0. The molecule has 0 saturated carbocycles. The van der Waals surface area contributed by atoms with Crippen molar-refractivity contribution in [3.8, 4) is 11.5 Å². The van der Waals surface area contributed by atoms with E-state index in [2.05, 4.69) is 24.0 Å². The molecule has 1 aromatic carbocycles. The van der Waals surface area contributed by atoms with Crippen molar-refractivity contribution < 1.29 is 9.47 Å². The molecule has 0 bridgehead atoms. The Bertz CT molecular complexity index is 414. The van der Waals surface area contributed by atoms with Gasteiger partial charge >= 0.3 is 0 Å². The third-order valence-corrected chi connectivity index (χ3v) is 4.11. The van der Waals surface area contributed by atoms with Crippen LogP contribution >= 0.6 is 0 Å². The standard InChI is InChI=1S/C16H26N2O2/c1-12-5-4-6-18(11-12)16(10-17)13-7-14(19-2)9-15(8-13)20-3/h7-9,12,16H,4-6,10-11,17H2,1-3H3/t12-,16-/m0/s1. The lowest BCUT2D eigenvalue weighted by molar-refractivity contribution is 0.133. The highest BCUT2D eigenvalue weighted by molar-refractivity contribution is 5.40. The van der Waals surface area contributed by atoms with Gasteiger partial charge < -0.3 is 15.2 Å². The van der Waals surface area contributed by atoms with E-state index in [0.29, 0.717) is 6.54 Å². The first-order chi connectivity index (χ1) is 9.67. The third kappa shape index (κ3) is 3.44. The molecule has 2 N–H and O–H groups in total. The molecule has 1 aliphatic heterocycles. The molecule has 4 heteroatoms. The molecule has 1 heterocycles. The first kappa shape index (κ1) is 15.1. The number of likely N-dealkylation sites (tertiary alicyclic amines) is 1. The van der Waals surface area contributed by atoms with Gasteiger partial charge in [-0.2, -0.15) is 0 Å². The van der Waals surface area contributed by atoms with Crippen LogP contribution in [-0.4, -0.2) is 38.8 Å². The summed E-state index contributed by atoms with van der Waals surface area (Å²) in [5.41, 5.74) is 7.22. The van der Waals surface area contributed by atoms with E-state index in [1.54, 1.807) is 14.2 Å². The summed E-state index contributed by atoms with van der Waals surface area (Å²) in [5.74, 6) is 2.39. The summed E-state index contributed by atoms with van der Waals surface area (Å²) in [7, 11) is 3.36. The number of benzene rings is 1. The van der Waals surface area contributed by atoms with E-state index in [4.69, 9.17) is 15.2 Å². The van der Waals surface area contributed by atoms with Crippen LogP contribution in [0.1, 0.15) is 31.4 Å². The molecule has 0 aromatic heterocycles. The Hall–Kier alpha value is -1.26. The van der Waals surface area contributed by atoms with Crippen LogP contribution in [0.3, 0.4) is 0 Å². The predicted octanol–water partition coefficient (Wildman–Crippen LogP) is 2.44. The van der Waals surface area contributed by atoms with Crippen LogP contribution in [0.2, 0.25) is 0 Å². The molecule has 0 amide bonds. The lowest BCUT2D eigenvalue weighted by Gasteiger charge is -2.37. The number of nitrogens with zero attached hydrogens (tertiary/aromatic N) is 1. The van der Waals surface area contributed by atoms with Crippen molar-refractivity contribution in [1.82, 2.24) is 4.90 Å². The quantitative estimate of drug-likeness (QED) is 0.898. The van der Waals surface area contributed by atoms with Gasteiger partial charge in [-0.3, -0.25) is 4.90 Å². The van der Waals surface area contributed by atoms with Gasteiger partial charge in [-0.1, -0.05) is 6.92 Å². The normalized spacial score (nSPS) is 21.5. The molecule has 1 aliphatic rings. The summed E-state index contributed by atoms with van der Waals surface area (Å²) in [6, 6.07) is 6.27. The maximum atomic E-state index is 6.04. The van der Waals surface area contributed by atoms with Crippen molar-refractivity contribution in [3.05, 3.63) is 23.8 Å². The molecule has 0 spiro atoms. The summed E-state index contributed by atoms with van der Waals surface area (Å²) >= 11 is 0. The van der Waals surface area contributed by atoms with Gasteiger partial charge in [-0.05, 0) is 43.0 Å². The van der Waals surface area contributed by atoms with Crippen molar-refractivity contribution in [2.24, 2.45) is 11.7 Å². The highest BCUT2D eigenvalue weighted by atomic mass is 16.5. The topological polar surface area (TPSA) is 47.7 Å². The summed E-state index contributed by atoms with van der Waals surface area (Å²) < 4.78 is 10.7. The Balaban J connectivity index is 2.25. The second kappa shape index (κ2) is 6.95. The van der Waals surface area contributed by atoms with Gasteiger partial charge in [0.25, 0.3) is 0 Å². The van der Waals surface area contributed by atoms with Crippen molar-refractivity contribution in [2.45, 2.75) is 25.8 Å². The summed E-state index contributed by atoms with van der Waals surface area (Å²) in [4.78, 5) is 2.49. The lowest BCUT2D eigenvalue weighted by atomic mass is 9.96. The van der Waals surface area contributed by atoms with Gasteiger partial charge in [0.2, 0.25) is 0 Å². The van der Waals surface area contributed by atoms with Crippen LogP contribution in [0.15, 0.2) is 18.2 Å². The molecule has 0 radical (unpaired) electrons. The molecule has 112 valence electrons. The molecular weight excluding hydrogens is 252 g/mol. The van der Waals surface area contributed by atoms with Crippen molar-refractivity contribution in [1.29, 1.82) is 0 Å². The number of hydrogen-bond acceptors (Lipinski definition) is 4. The average molecular weight is 278 g/mol. The molecule has 4 nitrogen and oxygen atoms in total. The molecule has 2 rings (SSSR count). The van der Waals surface area contributed by atoms with Gasteiger partial charge in [-0.15, -0.1) is 0 Å². The fourth-order valence-corrected chi connectivity index (χ4v) is 3.03. The largest absolute Gasteiger partial charge is 0.497 e. The minimum absolute atomic E-state index is 0.238. The minimum atomic E-state index is 0.238. The average Bonchev–Trinajstić information content (AvgIpc) is 2.47. The zero-order valence-electron chi connectivity index (χ0n) is 12.8. The monoisotopic (exact) mass is 278 g/mol. The molecule has 0 unspecified atom stereocenters. The van der Waals surface area contributed by atoms with Crippen LogP contribution in [0.5, 0.6) is 11.5 Å². The smallest absolute Gasteiger partial charge is 0.122 e. The van der Waals surface area contributed by atoms with Crippen LogP contribution in [0.4, 0.5) is 0 Å². The van der Waals surface area contributed by atoms with Crippen LogP contribution in [0.25, 0.3) is 0 Å². The lowest BCUT2D eigenvalue weighted by Crippen LogP contribution is -2.40. The maximum Gasteiger partial charge on any atom is 0.122 e. The fourth-order valence-electron chi connectivity index (χ4n) is 3.03. The van der Waals surface area contributed by atoms with E-state index in [1.807, 2.05) is 6.07 Å². The van der Waals surface area contributed by atoms with E-state index < -0.39 is 0 Å². The van der Waals surface area contributed by atoms with E-state index in [1.165, 1.54) is 18.4 Å². The molecule has 1 fully saturated rings. The first-order valence-electron chi connectivity index (χ1n) is 7.35. The Morgan fingerprint density at radius 3 is 2.40 bits per heavy atom. The number of piperidine rings is 1. The highest BCUT2D eigenvalue weighted by Crippen LogP contribution is 2.31. The third-order valence-electron chi connectivity index (χ3n) is 4.11. The Morgan fingerprint density at radius 2 is 1.90 bits per heavy atom. The molecule has 1 saturated heterocycles. The minimum Gasteiger partial charge on any atom is -0.497 e. The van der Waals surface area contributed by atoms with Crippen molar-refractivity contribution >= 4 is 0 Å².